The van der Waals surface area contributed by atoms with E-state index >= 15 is 0 Å². The molecule has 0 aliphatic carbocycles. The summed E-state index contributed by atoms with van der Waals surface area (Å²) in [6.07, 6.45) is 1.73. The van der Waals surface area contributed by atoms with Gasteiger partial charge in [-0.05, 0) is 85.4 Å². The Morgan fingerprint density at radius 3 is 2.59 bits per heavy atom. The number of pyridine rings is 1. The molecule has 2 aromatic carbocycles. The van der Waals surface area contributed by atoms with Crippen molar-refractivity contribution in [3.05, 3.63) is 102 Å². The van der Waals surface area contributed by atoms with Gasteiger partial charge in [0.25, 0.3) is 0 Å². The van der Waals surface area contributed by atoms with E-state index in [2.05, 4.69) is 15.6 Å². The molecule has 9 nitrogen and oxygen atoms in total. The van der Waals surface area contributed by atoms with E-state index < -0.39 is 5.97 Å². The molecular weight excluding hydrogens is 516 g/mol. The Balaban J connectivity index is 1.51. The van der Waals surface area contributed by atoms with Gasteiger partial charge in [0, 0.05) is 30.2 Å². The standard InChI is InChI=1S/C29H26N4O5S/c1-17-15-18(28(35)36)6-11-21(17)23-12-13-24(38-23)27-26(22-5-3-4-14-30-22)32-29(39)33(27)20-9-7-19(8-10-20)31-25(34)16-37-2/h3-15,26-27H,16H2,1-2H3,(H,31,34)(H,32,39)(H,35,36)/t26-,27-/m1/s1. The number of hydrogen-bond donors (Lipinski definition) is 3. The third kappa shape index (κ3) is 5.38. The number of amides is 1. The van der Waals surface area contributed by atoms with Crippen LogP contribution in [-0.2, 0) is 9.53 Å². The molecule has 4 aromatic rings. The quantitative estimate of drug-likeness (QED) is 0.261. The monoisotopic (exact) mass is 542 g/mol. The number of aromatic nitrogens is 1. The zero-order valence-electron chi connectivity index (χ0n) is 21.3. The second-order valence-electron chi connectivity index (χ2n) is 9.06. The van der Waals surface area contributed by atoms with Crippen LogP contribution < -0.4 is 15.5 Å². The molecule has 5 rings (SSSR count). The highest BCUT2D eigenvalue weighted by molar-refractivity contribution is 7.80. The Morgan fingerprint density at radius 2 is 1.92 bits per heavy atom. The maximum absolute atomic E-state index is 11.9. The number of nitrogens with zero attached hydrogens (tertiary/aromatic N) is 2. The van der Waals surface area contributed by atoms with Crippen molar-refractivity contribution in [3.63, 3.8) is 0 Å². The largest absolute Gasteiger partial charge is 0.478 e. The van der Waals surface area contributed by atoms with E-state index in [9.17, 15) is 14.7 Å². The molecule has 1 aliphatic heterocycles. The number of carboxylic acids is 1. The van der Waals surface area contributed by atoms with Gasteiger partial charge in [0.05, 0.1) is 17.3 Å². The molecule has 2 aromatic heterocycles. The number of anilines is 2. The second-order valence-corrected chi connectivity index (χ2v) is 9.45. The molecule has 1 amide bonds. The summed E-state index contributed by atoms with van der Waals surface area (Å²) in [4.78, 5) is 29.8. The highest BCUT2D eigenvalue weighted by atomic mass is 32.1. The fourth-order valence-electron chi connectivity index (χ4n) is 4.69. The summed E-state index contributed by atoms with van der Waals surface area (Å²) in [5, 5.41) is 16.0. The van der Waals surface area contributed by atoms with Crippen molar-refractivity contribution in [2.24, 2.45) is 0 Å². The minimum absolute atomic E-state index is 0.0327. The number of hydrogen-bond acceptors (Lipinski definition) is 6. The van der Waals surface area contributed by atoms with Gasteiger partial charge < -0.3 is 29.8 Å². The van der Waals surface area contributed by atoms with E-state index in [1.165, 1.54) is 7.11 Å². The van der Waals surface area contributed by atoms with Crippen LogP contribution in [0.3, 0.4) is 0 Å². The molecule has 0 spiro atoms. The second kappa shape index (κ2) is 11.1. The number of aromatic carboxylic acids is 1. The van der Waals surface area contributed by atoms with E-state index in [-0.39, 0.29) is 30.2 Å². The number of aryl methyl sites for hydroxylation is 1. The number of ether oxygens (including phenoxy) is 1. The van der Waals surface area contributed by atoms with Gasteiger partial charge in [0.1, 0.15) is 24.2 Å². The molecular formula is C29H26N4O5S. The fourth-order valence-corrected chi connectivity index (χ4v) is 5.03. The van der Waals surface area contributed by atoms with Crippen LogP contribution in [0.25, 0.3) is 11.3 Å². The average molecular weight is 543 g/mol. The van der Waals surface area contributed by atoms with Crippen LogP contribution in [-0.4, -0.2) is 40.8 Å². The molecule has 3 N–H and O–H groups in total. The average Bonchev–Trinajstić information content (AvgIpc) is 3.54. The molecule has 10 heteroatoms. The van der Waals surface area contributed by atoms with E-state index in [0.717, 1.165) is 22.5 Å². The topological polar surface area (TPSA) is 117 Å². The van der Waals surface area contributed by atoms with Crippen LogP contribution in [0.15, 0.2) is 83.4 Å². The van der Waals surface area contributed by atoms with Crippen LogP contribution >= 0.6 is 12.2 Å². The van der Waals surface area contributed by atoms with E-state index in [0.29, 0.717) is 22.3 Å². The summed E-state index contributed by atoms with van der Waals surface area (Å²) in [5.41, 5.74) is 4.06. The number of furan rings is 1. The summed E-state index contributed by atoms with van der Waals surface area (Å²) in [5.74, 6) is 0.0559. The van der Waals surface area contributed by atoms with Gasteiger partial charge in [-0.15, -0.1) is 0 Å². The summed E-state index contributed by atoms with van der Waals surface area (Å²) in [6, 6.07) is 21.1. The number of carbonyl (C=O) groups is 2. The Labute approximate surface area is 230 Å². The first-order valence-electron chi connectivity index (χ1n) is 12.2. The lowest BCUT2D eigenvalue weighted by Gasteiger charge is -2.26. The van der Waals surface area contributed by atoms with Gasteiger partial charge in [-0.2, -0.15) is 0 Å². The van der Waals surface area contributed by atoms with Gasteiger partial charge in [0.2, 0.25) is 5.91 Å². The predicted octanol–water partition coefficient (Wildman–Crippen LogP) is 5.11. The highest BCUT2D eigenvalue weighted by Gasteiger charge is 2.42. The summed E-state index contributed by atoms with van der Waals surface area (Å²) < 4.78 is 11.3. The van der Waals surface area contributed by atoms with Crippen LogP contribution in [0, 0.1) is 6.92 Å². The number of carboxylic acid groups (broad SMARTS) is 1. The molecule has 39 heavy (non-hydrogen) atoms. The van der Waals surface area contributed by atoms with Crippen molar-refractivity contribution in [3.8, 4) is 11.3 Å². The predicted molar refractivity (Wildman–Crippen MR) is 151 cm³/mol. The number of thiocarbonyl (C=S) groups is 1. The smallest absolute Gasteiger partial charge is 0.335 e. The molecule has 1 saturated heterocycles. The Morgan fingerprint density at radius 1 is 1.13 bits per heavy atom. The van der Waals surface area contributed by atoms with Crippen molar-refractivity contribution in [2.75, 3.05) is 23.9 Å². The minimum atomic E-state index is -0.978. The first-order chi connectivity index (χ1) is 18.9. The van der Waals surface area contributed by atoms with Crippen molar-refractivity contribution in [1.82, 2.24) is 10.3 Å². The molecule has 0 saturated carbocycles. The third-order valence-electron chi connectivity index (χ3n) is 6.46. The van der Waals surface area contributed by atoms with Gasteiger partial charge in [-0.25, -0.2) is 4.79 Å². The van der Waals surface area contributed by atoms with Crippen LogP contribution in [0.2, 0.25) is 0 Å². The van der Waals surface area contributed by atoms with Gasteiger partial charge in [-0.3, -0.25) is 9.78 Å². The molecule has 1 aliphatic rings. The van der Waals surface area contributed by atoms with Crippen molar-refractivity contribution in [1.29, 1.82) is 0 Å². The van der Waals surface area contributed by atoms with E-state index in [4.69, 9.17) is 21.4 Å². The summed E-state index contributed by atoms with van der Waals surface area (Å²) in [6.45, 7) is 1.82. The maximum Gasteiger partial charge on any atom is 0.335 e. The Kier molecular flexibility index (Phi) is 7.40. The highest BCUT2D eigenvalue weighted by Crippen LogP contribution is 2.43. The number of carbonyl (C=O) groups excluding carboxylic acids is 1. The molecule has 1 fully saturated rings. The van der Waals surface area contributed by atoms with Gasteiger partial charge >= 0.3 is 5.97 Å². The van der Waals surface area contributed by atoms with Crippen molar-refractivity contribution in [2.45, 2.75) is 19.0 Å². The van der Waals surface area contributed by atoms with Gasteiger partial charge in [0.15, 0.2) is 5.11 Å². The lowest BCUT2D eigenvalue weighted by Crippen LogP contribution is -2.29. The third-order valence-corrected chi connectivity index (χ3v) is 6.77. The molecule has 0 unspecified atom stereocenters. The lowest BCUT2D eigenvalue weighted by atomic mass is 10.0. The van der Waals surface area contributed by atoms with E-state index in [1.54, 1.807) is 36.5 Å². The first-order valence-corrected chi connectivity index (χ1v) is 12.6. The van der Waals surface area contributed by atoms with Crippen molar-refractivity contribution >= 4 is 40.6 Å². The number of rotatable bonds is 8. The number of methoxy groups -OCH3 is 1. The lowest BCUT2D eigenvalue weighted by molar-refractivity contribution is -0.119. The SMILES string of the molecule is COCC(=O)Nc1ccc(N2C(=S)N[C@H](c3ccccn3)[C@H]2c2ccc(-c3ccc(C(=O)O)cc3C)o2)cc1. The molecule has 2 atom stereocenters. The fraction of sp³-hybridized carbons (Fsp3) is 0.172. The Bertz CT molecular complexity index is 1520. The number of benzene rings is 2. The van der Waals surface area contributed by atoms with Crippen LogP contribution in [0.5, 0.6) is 0 Å². The molecule has 198 valence electrons. The van der Waals surface area contributed by atoms with Crippen molar-refractivity contribution < 1.29 is 23.8 Å². The summed E-state index contributed by atoms with van der Waals surface area (Å²) in [7, 11) is 1.47. The molecule has 0 bridgehead atoms. The Hall–Kier alpha value is -4.54. The normalized spacial score (nSPS) is 16.7. The summed E-state index contributed by atoms with van der Waals surface area (Å²) >= 11 is 5.78. The number of nitrogens with one attached hydrogen (secondary N) is 2. The van der Waals surface area contributed by atoms with Crippen LogP contribution in [0.1, 0.15) is 39.5 Å². The zero-order valence-corrected chi connectivity index (χ0v) is 22.1. The maximum atomic E-state index is 11.9. The first kappa shape index (κ1) is 26.1. The van der Waals surface area contributed by atoms with Gasteiger partial charge in [-0.1, -0.05) is 12.1 Å². The van der Waals surface area contributed by atoms with E-state index in [1.807, 2.05) is 54.3 Å². The van der Waals surface area contributed by atoms with Crippen LogP contribution in [0.4, 0.5) is 11.4 Å². The molecule has 0 radical (unpaired) electrons. The zero-order chi connectivity index (χ0) is 27.5. The minimum Gasteiger partial charge on any atom is -0.478 e. The molecule has 3 heterocycles.